The number of benzene rings is 2. The lowest BCUT2D eigenvalue weighted by Gasteiger charge is -2.12. The van der Waals surface area contributed by atoms with E-state index in [2.05, 4.69) is 5.32 Å². The molecule has 0 aliphatic rings. The predicted octanol–water partition coefficient (Wildman–Crippen LogP) is 3.54. The molecule has 0 aromatic heterocycles. The van der Waals surface area contributed by atoms with Crippen LogP contribution in [0.4, 0.5) is 5.69 Å². The summed E-state index contributed by atoms with van der Waals surface area (Å²) in [6, 6.07) is 10.0. The van der Waals surface area contributed by atoms with Gasteiger partial charge in [-0.05, 0) is 48.9 Å². The van der Waals surface area contributed by atoms with E-state index in [1.165, 1.54) is 27.4 Å². The largest absolute Gasteiger partial charge is 0.493 e. The van der Waals surface area contributed by atoms with Gasteiger partial charge in [0.15, 0.2) is 11.5 Å². The molecule has 0 bridgehead atoms. The maximum Gasteiger partial charge on any atom is 0.338 e. The van der Waals surface area contributed by atoms with E-state index in [-0.39, 0.29) is 12.5 Å². The first-order chi connectivity index (χ1) is 13.5. The number of esters is 1. The highest BCUT2D eigenvalue weighted by atomic mass is 16.5. The number of rotatable bonds is 8. The number of methoxy groups -OCH3 is 3. The third-order valence-corrected chi connectivity index (χ3v) is 3.76. The number of nitrogens with one attached hydrogen (secondary N) is 1. The average Bonchev–Trinajstić information content (AvgIpc) is 2.71. The van der Waals surface area contributed by atoms with Gasteiger partial charge in [0.05, 0.1) is 33.5 Å². The molecule has 0 heterocycles. The number of ether oxygens (including phenoxy) is 4. The van der Waals surface area contributed by atoms with E-state index in [1.807, 2.05) is 0 Å². The summed E-state index contributed by atoms with van der Waals surface area (Å²) in [5.74, 6) is 0.664. The molecule has 0 saturated carbocycles. The minimum atomic E-state index is -0.438. The Kier molecular flexibility index (Phi) is 7.45. The molecule has 0 atom stereocenters. The third kappa shape index (κ3) is 5.26. The van der Waals surface area contributed by atoms with Crippen LogP contribution < -0.4 is 19.5 Å². The van der Waals surface area contributed by atoms with Crippen LogP contribution in [0.5, 0.6) is 17.2 Å². The van der Waals surface area contributed by atoms with Crippen LogP contribution in [0.3, 0.4) is 0 Å². The molecule has 1 amide bonds. The number of amides is 1. The Bertz CT molecular complexity index is 850. The quantitative estimate of drug-likeness (QED) is 0.553. The van der Waals surface area contributed by atoms with Crippen molar-refractivity contribution in [1.29, 1.82) is 0 Å². The molecule has 7 nitrogen and oxygen atoms in total. The molecular weight excluding hydrogens is 362 g/mol. The van der Waals surface area contributed by atoms with Gasteiger partial charge in [0.25, 0.3) is 0 Å². The highest BCUT2D eigenvalue weighted by Gasteiger charge is 2.12. The second-order valence-corrected chi connectivity index (χ2v) is 5.58. The van der Waals surface area contributed by atoms with Crippen LogP contribution in [0.15, 0.2) is 42.5 Å². The smallest absolute Gasteiger partial charge is 0.338 e. The van der Waals surface area contributed by atoms with Crippen LogP contribution in [0.2, 0.25) is 0 Å². The Morgan fingerprint density at radius 1 is 1.00 bits per heavy atom. The van der Waals surface area contributed by atoms with Crippen LogP contribution in [0.25, 0.3) is 6.08 Å². The number of anilines is 1. The zero-order chi connectivity index (χ0) is 20.5. The Balaban J connectivity index is 2.14. The van der Waals surface area contributed by atoms with Crippen molar-refractivity contribution < 1.29 is 28.5 Å². The van der Waals surface area contributed by atoms with E-state index in [4.69, 9.17) is 18.9 Å². The highest BCUT2D eigenvalue weighted by molar-refractivity contribution is 6.02. The lowest BCUT2D eigenvalue weighted by molar-refractivity contribution is -0.111. The monoisotopic (exact) mass is 385 g/mol. The summed E-state index contributed by atoms with van der Waals surface area (Å²) in [4.78, 5) is 24.0. The summed E-state index contributed by atoms with van der Waals surface area (Å²) in [5.41, 5.74) is 1.56. The summed E-state index contributed by atoms with van der Waals surface area (Å²) in [6.45, 7) is 2.02. The van der Waals surface area contributed by atoms with Gasteiger partial charge in [-0.2, -0.15) is 0 Å². The lowest BCUT2D eigenvalue weighted by Crippen LogP contribution is -2.09. The van der Waals surface area contributed by atoms with Gasteiger partial charge < -0.3 is 24.3 Å². The minimum Gasteiger partial charge on any atom is -0.493 e. The molecule has 0 fully saturated rings. The first kappa shape index (κ1) is 20.8. The summed E-state index contributed by atoms with van der Waals surface area (Å²) in [5, 5.41) is 2.71. The Labute approximate surface area is 163 Å². The maximum absolute atomic E-state index is 12.2. The van der Waals surface area contributed by atoms with Crippen molar-refractivity contribution in [3.63, 3.8) is 0 Å². The Morgan fingerprint density at radius 2 is 1.68 bits per heavy atom. The molecule has 0 unspecified atom stereocenters. The fourth-order valence-electron chi connectivity index (χ4n) is 2.49. The van der Waals surface area contributed by atoms with E-state index in [0.29, 0.717) is 34.1 Å². The van der Waals surface area contributed by atoms with Gasteiger partial charge in [0, 0.05) is 11.8 Å². The van der Waals surface area contributed by atoms with Gasteiger partial charge >= 0.3 is 5.97 Å². The van der Waals surface area contributed by atoms with Crippen molar-refractivity contribution in [1.82, 2.24) is 0 Å². The molecule has 28 heavy (non-hydrogen) atoms. The Hall–Kier alpha value is -3.48. The van der Waals surface area contributed by atoms with E-state index in [1.54, 1.807) is 49.4 Å². The van der Waals surface area contributed by atoms with Crippen molar-refractivity contribution >= 4 is 23.6 Å². The molecule has 7 heteroatoms. The van der Waals surface area contributed by atoms with Crippen LogP contribution in [-0.4, -0.2) is 39.8 Å². The Morgan fingerprint density at radius 3 is 2.25 bits per heavy atom. The van der Waals surface area contributed by atoms with E-state index >= 15 is 0 Å². The number of hydrogen-bond acceptors (Lipinski definition) is 6. The highest BCUT2D eigenvalue weighted by Crippen LogP contribution is 2.38. The van der Waals surface area contributed by atoms with Gasteiger partial charge in [-0.3, -0.25) is 4.79 Å². The van der Waals surface area contributed by atoms with E-state index < -0.39 is 5.97 Å². The molecule has 0 aliphatic carbocycles. The second-order valence-electron chi connectivity index (χ2n) is 5.58. The van der Waals surface area contributed by atoms with Gasteiger partial charge in [-0.1, -0.05) is 6.07 Å². The molecule has 1 N–H and O–H groups in total. The third-order valence-electron chi connectivity index (χ3n) is 3.76. The normalized spacial score (nSPS) is 10.4. The van der Waals surface area contributed by atoms with Crippen molar-refractivity contribution in [3.8, 4) is 17.2 Å². The SMILES string of the molecule is CCOC(=O)c1cccc(NC(=O)/C=C/c2cc(OC)c(OC)c(OC)c2)c1. The van der Waals surface area contributed by atoms with E-state index in [0.717, 1.165) is 0 Å². The summed E-state index contributed by atoms with van der Waals surface area (Å²) in [7, 11) is 4.57. The van der Waals surface area contributed by atoms with Crippen LogP contribution in [0, 0.1) is 0 Å². The number of carbonyl (C=O) groups excluding carboxylic acids is 2. The van der Waals surface area contributed by atoms with Crippen molar-refractivity contribution in [2.75, 3.05) is 33.3 Å². The summed E-state index contributed by atoms with van der Waals surface area (Å²) < 4.78 is 20.8. The van der Waals surface area contributed by atoms with Gasteiger partial charge in [-0.15, -0.1) is 0 Å². The average molecular weight is 385 g/mol. The molecule has 0 saturated heterocycles. The molecule has 0 spiro atoms. The fourth-order valence-corrected chi connectivity index (χ4v) is 2.49. The zero-order valence-electron chi connectivity index (χ0n) is 16.3. The predicted molar refractivity (Wildman–Crippen MR) is 106 cm³/mol. The summed E-state index contributed by atoms with van der Waals surface area (Å²) >= 11 is 0. The van der Waals surface area contributed by atoms with Crippen molar-refractivity contribution in [3.05, 3.63) is 53.6 Å². The van der Waals surface area contributed by atoms with Gasteiger partial charge in [0.1, 0.15) is 0 Å². The molecule has 2 aromatic carbocycles. The molecule has 148 valence electrons. The maximum atomic E-state index is 12.2. The first-order valence-corrected chi connectivity index (χ1v) is 8.58. The second kappa shape index (κ2) is 10.0. The van der Waals surface area contributed by atoms with Crippen LogP contribution in [-0.2, 0) is 9.53 Å². The van der Waals surface area contributed by atoms with E-state index in [9.17, 15) is 9.59 Å². The molecular formula is C21H23NO6. The van der Waals surface area contributed by atoms with Gasteiger partial charge in [-0.25, -0.2) is 4.79 Å². The van der Waals surface area contributed by atoms with Crippen molar-refractivity contribution in [2.45, 2.75) is 6.92 Å². The molecule has 0 radical (unpaired) electrons. The standard InChI is InChI=1S/C21H23NO6/c1-5-28-21(24)15-7-6-8-16(13-15)22-19(23)10-9-14-11-17(25-2)20(27-4)18(12-14)26-3/h6-13H,5H2,1-4H3,(H,22,23)/b10-9+. The van der Waals surface area contributed by atoms with Gasteiger partial charge in [0.2, 0.25) is 11.7 Å². The molecule has 2 rings (SSSR count). The fraction of sp³-hybridized carbons (Fsp3) is 0.238. The topological polar surface area (TPSA) is 83.1 Å². The van der Waals surface area contributed by atoms with Crippen LogP contribution >= 0.6 is 0 Å². The van der Waals surface area contributed by atoms with Crippen molar-refractivity contribution in [2.24, 2.45) is 0 Å². The number of carbonyl (C=O) groups is 2. The summed E-state index contributed by atoms with van der Waals surface area (Å²) in [6.07, 6.45) is 2.99. The molecule has 0 aliphatic heterocycles. The number of hydrogen-bond donors (Lipinski definition) is 1. The molecule has 2 aromatic rings. The zero-order valence-corrected chi connectivity index (χ0v) is 16.3. The minimum absolute atomic E-state index is 0.285. The lowest BCUT2D eigenvalue weighted by atomic mass is 10.1. The van der Waals surface area contributed by atoms with Crippen LogP contribution in [0.1, 0.15) is 22.8 Å². The first-order valence-electron chi connectivity index (χ1n) is 8.58.